The molecule has 0 radical (unpaired) electrons. The summed E-state index contributed by atoms with van der Waals surface area (Å²) in [5.74, 6) is 2.08. The van der Waals surface area contributed by atoms with Gasteiger partial charge in [-0.3, -0.25) is 4.99 Å². The third kappa shape index (κ3) is 3.59. The molecule has 1 fully saturated rings. The van der Waals surface area contributed by atoms with Crippen LogP contribution in [-0.4, -0.2) is 34.5 Å². The van der Waals surface area contributed by atoms with Gasteiger partial charge in [-0.1, -0.05) is 32.0 Å². The molecule has 2 unspecified atom stereocenters. The minimum Gasteiger partial charge on any atom is -0.364 e. The smallest absolute Gasteiger partial charge is 0.156 e. The van der Waals surface area contributed by atoms with Crippen LogP contribution in [0.3, 0.4) is 0 Å². The van der Waals surface area contributed by atoms with Crippen LogP contribution in [0.15, 0.2) is 4.99 Å². The predicted octanol–water partition coefficient (Wildman–Crippen LogP) is 2.99. The van der Waals surface area contributed by atoms with Crippen LogP contribution >= 0.6 is 23.5 Å². The fourth-order valence-electron chi connectivity index (χ4n) is 2.00. The SMILES string of the molecule is CC(C)C1CN=C(NCC2CCCCS2)S1. The number of rotatable bonds is 3. The molecule has 0 spiro atoms. The van der Waals surface area contributed by atoms with E-state index in [9.17, 15) is 0 Å². The summed E-state index contributed by atoms with van der Waals surface area (Å²) in [6, 6.07) is 0. The number of nitrogens with zero attached hydrogens (tertiary/aromatic N) is 1. The molecule has 2 aliphatic heterocycles. The third-order valence-corrected chi connectivity index (χ3v) is 6.07. The van der Waals surface area contributed by atoms with E-state index in [0.29, 0.717) is 5.25 Å². The molecule has 0 saturated carbocycles. The van der Waals surface area contributed by atoms with Crippen LogP contribution in [0, 0.1) is 5.92 Å². The Labute approximate surface area is 107 Å². The van der Waals surface area contributed by atoms with Crippen LogP contribution in [-0.2, 0) is 0 Å². The van der Waals surface area contributed by atoms with Gasteiger partial charge in [0, 0.05) is 17.0 Å². The lowest BCUT2D eigenvalue weighted by Crippen LogP contribution is -2.30. The molecule has 2 heterocycles. The topological polar surface area (TPSA) is 24.4 Å². The predicted molar refractivity (Wildman–Crippen MR) is 76.6 cm³/mol. The zero-order valence-electron chi connectivity index (χ0n) is 10.2. The summed E-state index contributed by atoms with van der Waals surface area (Å²) in [5.41, 5.74) is 0. The molecule has 0 aliphatic carbocycles. The van der Waals surface area contributed by atoms with Crippen LogP contribution in [0.2, 0.25) is 0 Å². The Morgan fingerprint density at radius 1 is 1.44 bits per heavy atom. The van der Waals surface area contributed by atoms with E-state index in [4.69, 9.17) is 0 Å². The highest BCUT2D eigenvalue weighted by Gasteiger charge is 2.23. The normalized spacial score (nSPS) is 30.6. The molecule has 2 rings (SSSR count). The lowest BCUT2D eigenvalue weighted by molar-refractivity contribution is 0.620. The van der Waals surface area contributed by atoms with Crippen LogP contribution in [0.4, 0.5) is 0 Å². The largest absolute Gasteiger partial charge is 0.364 e. The minimum atomic E-state index is 0.696. The number of nitrogens with one attached hydrogen (secondary N) is 1. The zero-order valence-corrected chi connectivity index (χ0v) is 11.9. The van der Waals surface area contributed by atoms with E-state index in [1.54, 1.807) is 0 Å². The molecule has 2 aliphatic rings. The molecule has 0 aromatic carbocycles. The zero-order chi connectivity index (χ0) is 11.4. The van der Waals surface area contributed by atoms with Gasteiger partial charge in [-0.25, -0.2) is 0 Å². The van der Waals surface area contributed by atoms with Gasteiger partial charge in [0.15, 0.2) is 5.17 Å². The second-order valence-electron chi connectivity index (χ2n) is 4.92. The maximum Gasteiger partial charge on any atom is 0.156 e. The fraction of sp³-hybridized carbons (Fsp3) is 0.917. The average molecular weight is 258 g/mol. The maximum absolute atomic E-state index is 4.58. The molecule has 0 bridgehead atoms. The summed E-state index contributed by atoms with van der Waals surface area (Å²) in [6.07, 6.45) is 4.20. The molecular weight excluding hydrogens is 236 g/mol. The molecule has 2 atom stereocenters. The number of hydrogen-bond donors (Lipinski definition) is 1. The molecule has 1 N–H and O–H groups in total. The Balaban J connectivity index is 1.67. The lowest BCUT2D eigenvalue weighted by Gasteiger charge is -2.21. The van der Waals surface area contributed by atoms with E-state index in [0.717, 1.165) is 24.3 Å². The molecule has 0 amide bonds. The van der Waals surface area contributed by atoms with Crippen molar-refractivity contribution in [1.29, 1.82) is 0 Å². The van der Waals surface area contributed by atoms with Crippen LogP contribution in [0.25, 0.3) is 0 Å². The van der Waals surface area contributed by atoms with Gasteiger partial charge in [0.05, 0.1) is 6.54 Å². The highest BCUT2D eigenvalue weighted by molar-refractivity contribution is 8.14. The van der Waals surface area contributed by atoms with E-state index in [-0.39, 0.29) is 0 Å². The summed E-state index contributed by atoms with van der Waals surface area (Å²) in [4.78, 5) is 4.58. The van der Waals surface area contributed by atoms with Crippen molar-refractivity contribution < 1.29 is 0 Å². The second-order valence-corrected chi connectivity index (χ2v) is 7.55. The standard InChI is InChI=1S/C12H22N2S2/c1-9(2)11-8-14-12(16-11)13-7-10-5-3-4-6-15-10/h9-11H,3-8H2,1-2H3,(H,13,14). The number of thioether (sulfide) groups is 2. The first-order valence-corrected chi connectivity index (χ1v) is 8.25. The van der Waals surface area contributed by atoms with Crippen molar-refractivity contribution in [2.24, 2.45) is 10.9 Å². The van der Waals surface area contributed by atoms with Gasteiger partial charge in [0.25, 0.3) is 0 Å². The third-order valence-electron chi connectivity index (χ3n) is 3.18. The van der Waals surface area contributed by atoms with Crippen molar-refractivity contribution in [2.45, 2.75) is 43.6 Å². The highest BCUT2D eigenvalue weighted by Crippen LogP contribution is 2.27. The van der Waals surface area contributed by atoms with Crippen LogP contribution in [0.1, 0.15) is 33.1 Å². The first kappa shape index (κ1) is 12.6. The lowest BCUT2D eigenvalue weighted by atomic mass is 10.1. The van der Waals surface area contributed by atoms with E-state index in [1.807, 2.05) is 11.8 Å². The van der Waals surface area contributed by atoms with Gasteiger partial charge in [0.2, 0.25) is 0 Å². The quantitative estimate of drug-likeness (QED) is 0.842. The van der Waals surface area contributed by atoms with Crippen molar-refractivity contribution in [3.05, 3.63) is 0 Å². The van der Waals surface area contributed by atoms with Gasteiger partial charge in [-0.15, -0.1) is 0 Å². The van der Waals surface area contributed by atoms with Crippen molar-refractivity contribution in [3.63, 3.8) is 0 Å². The van der Waals surface area contributed by atoms with Crippen molar-refractivity contribution >= 4 is 28.7 Å². The summed E-state index contributed by atoms with van der Waals surface area (Å²) in [5, 5.41) is 6.22. The summed E-state index contributed by atoms with van der Waals surface area (Å²) in [6.45, 7) is 6.68. The first-order valence-electron chi connectivity index (χ1n) is 6.32. The summed E-state index contributed by atoms with van der Waals surface area (Å²) < 4.78 is 0. The second kappa shape index (κ2) is 6.20. The van der Waals surface area contributed by atoms with E-state index >= 15 is 0 Å². The Morgan fingerprint density at radius 3 is 2.94 bits per heavy atom. The van der Waals surface area contributed by atoms with Crippen LogP contribution < -0.4 is 5.32 Å². The van der Waals surface area contributed by atoms with Crippen molar-refractivity contribution in [2.75, 3.05) is 18.8 Å². The van der Waals surface area contributed by atoms with Gasteiger partial charge in [0.1, 0.15) is 0 Å². The van der Waals surface area contributed by atoms with Gasteiger partial charge in [-0.2, -0.15) is 11.8 Å². The molecule has 1 saturated heterocycles. The number of hydrogen-bond acceptors (Lipinski definition) is 4. The Kier molecular flexibility index (Phi) is 4.89. The van der Waals surface area contributed by atoms with E-state index in [1.165, 1.54) is 30.2 Å². The monoisotopic (exact) mass is 258 g/mol. The molecule has 16 heavy (non-hydrogen) atoms. The highest BCUT2D eigenvalue weighted by atomic mass is 32.2. The first-order chi connectivity index (χ1) is 7.75. The summed E-state index contributed by atoms with van der Waals surface area (Å²) in [7, 11) is 0. The van der Waals surface area contributed by atoms with Gasteiger partial charge < -0.3 is 5.32 Å². The summed E-state index contributed by atoms with van der Waals surface area (Å²) >= 11 is 4.06. The number of aliphatic imine (C=N–C) groups is 1. The van der Waals surface area contributed by atoms with E-state index in [2.05, 4.69) is 35.9 Å². The molecule has 0 aromatic heterocycles. The molecule has 2 nitrogen and oxygen atoms in total. The Morgan fingerprint density at radius 2 is 2.31 bits per heavy atom. The Hall–Kier alpha value is 0.170. The van der Waals surface area contributed by atoms with Crippen molar-refractivity contribution in [3.8, 4) is 0 Å². The average Bonchev–Trinajstić information content (AvgIpc) is 2.76. The van der Waals surface area contributed by atoms with Crippen molar-refractivity contribution in [1.82, 2.24) is 5.32 Å². The molecular formula is C12H22N2S2. The Bertz CT molecular complexity index is 247. The van der Waals surface area contributed by atoms with Crippen LogP contribution in [0.5, 0.6) is 0 Å². The number of amidine groups is 1. The molecule has 4 heteroatoms. The molecule has 0 aromatic rings. The maximum atomic E-state index is 4.58. The van der Waals surface area contributed by atoms with Gasteiger partial charge in [-0.05, 0) is 24.5 Å². The minimum absolute atomic E-state index is 0.696. The fourth-order valence-corrected chi connectivity index (χ4v) is 4.27. The van der Waals surface area contributed by atoms with E-state index < -0.39 is 0 Å². The molecule has 92 valence electrons. The van der Waals surface area contributed by atoms with Gasteiger partial charge >= 0.3 is 0 Å².